The summed E-state index contributed by atoms with van der Waals surface area (Å²) >= 11 is 3.36. The van der Waals surface area contributed by atoms with Gasteiger partial charge in [-0.25, -0.2) is 4.79 Å². The number of carbonyl (C=O) groups is 2. The van der Waals surface area contributed by atoms with Crippen molar-refractivity contribution in [2.45, 2.75) is 0 Å². The highest BCUT2D eigenvalue weighted by Crippen LogP contribution is 2.26. The van der Waals surface area contributed by atoms with Gasteiger partial charge in [-0.15, -0.1) is 0 Å². The molecule has 0 aromatic heterocycles. The Morgan fingerprint density at radius 2 is 1.85 bits per heavy atom. The first-order chi connectivity index (χ1) is 12.5. The molecule has 0 radical (unpaired) electrons. The molecule has 132 valence electrons. The Hall–Kier alpha value is -3.11. The Labute approximate surface area is 159 Å². The number of nitriles is 1. The number of esters is 1. The first-order valence-corrected chi connectivity index (χ1v) is 8.23. The number of halogens is 1. The fourth-order valence-electron chi connectivity index (χ4n) is 2.09. The third kappa shape index (κ3) is 4.71. The second-order valence-corrected chi connectivity index (χ2v) is 5.94. The number of anilines is 1. The van der Waals surface area contributed by atoms with Crippen molar-refractivity contribution in [2.75, 3.05) is 19.5 Å². The predicted molar refractivity (Wildman–Crippen MR) is 101 cm³/mol. The van der Waals surface area contributed by atoms with Crippen molar-refractivity contribution >= 4 is 39.6 Å². The zero-order valence-electron chi connectivity index (χ0n) is 14.1. The van der Waals surface area contributed by atoms with Gasteiger partial charge in [-0.3, -0.25) is 4.79 Å². The lowest BCUT2D eigenvalue weighted by Crippen LogP contribution is -2.13. The van der Waals surface area contributed by atoms with Crippen molar-refractivity contribution in [3.05, 3.63) is 63.6 Å². The summed E-state index contributed by atoms with van der Waals surface area (Å²) in [6.45, 7) is 0. The summed E-state index contributed by atoms with van der Waals surface area (Å²) in [5, 5.41) is 11.9. The summed E-state index contributed by atoms with van der Waals surface area (Å²) in [6, 6.07) is 13.3. The minimum absolute atomic E-state index is 0.0564. The first-order valence-electron chi connectivity index (χ1n) is 7.43. The van der Waals surface area contributed by atoms with E-state index in [4.69, 9.17) is 4.74 Å². The van der Waals surface area contributed by atoms with Gasteiger partial charge >= 0.3 is 5.97 Å². The second kappa shape index (κ2) is 8.83. The number of hydrogen-bond donors (Lipinski definition) is 1. The fourth-order valence-corrected chi connectivity index (χ4v) is 2.65. The Morgan fingerprint density at radius 1 is 1.15 bits per heavy atom. The topological polar surface area (TPSA) is 88.4 Å². The SMILES string of the molecule is COC(=O)c1ccc(NC(=O)/C(C#N)=C/c2ccc(OC)c(Br)c2)cc1. The highest BCUT2D eigenvalue weighted by atomic mass is 79.9. The highest BCUT2D eigenvalue weighted by molar-refractivity contribution is 9.10. The maximum absolute atomic E-state index is 12.3. The van der Waals surface area contributed by atoms with Crippen LogP contribution < -0.4 is 10.1 Å². The smallest absolute Gasteiger partial charge is 0.337 e. The zero-order valence-corrected chi connectivity index (χ0v) is 15.7. The third-order valence-corrected chi connectivity index (χ3v) is 4.04. The standard InChI is InChI=1S/C19H15BrN2O4/c1-25-17-8-3-12(10-16(17)20)9-14(11-21)18(23)22-15-6-4-13(5-7-15)19(24)26-2/h3-10H,1-2H3,(H,22,23)/b14-9+. The third-order valence-electron chi connectivity index (χ3n) is 3.42. The molecule has 7 heteroatoms. The molecule has 0 aliphatic rings. The van der Waals surface area contributed by atoms with Crippen molar-refractivity contribution in [3.63, 3.8) is 0 Å². The number of ether oxygens (including phenoxy) is 2. The van der Waals surface area contributed by atoms with Crippen LogP contribution >= 0.6 is 15.9 Å². The number of benzene rings is 2. The van der Waals surface area contributed by atoms with Crippen molar-refractivity contribution in [1.82, 2.24) is 0 Å². The maximum atomic E-state index is 12.3. The Bertz CT molecular complexity index is 899. The van der Waals surface area contributed by atoms with E-state index in [2.05, 4.69) is 26.0 Å². The summed E-state index contributed by atoms with van der Waals surface area (Å²) in [5.74, 6) is -0.369. The lowest BCUT2D eigenvalue weighted by molar-refractivity contribution is -0.112. The van der Waals surface area contributed by atoms with E-state index in [-0.39, 0.29) is 5.57 Å². The number of carbonyl (C=O) groups excluding carboxylic acids is 2. The molecule has 0 bridgehead atoms. The molecule has 0 atom stereocenters. The van der Waals surface area contributed by atoms with Crippen LogP contribution in [0.15, 0.2) is 52.5 Å². The number of nitrogens with zero attached hydrogens (tertiary/aromatic N) is 1. The van der Waals surface area contributed by atoms with E-state index in [0.29, 0.717) is 27.0 Å². The van der Waals surface area contributed by atoms with Gasteiger partial charge in [0.2, 0.25) is 0 Å². The Kier molecular flexibility index (Phi) is 6.53. The lowest BCUT2D eigenvalue weighted by atomic mass is 10.1. The van der Waals surface area contributed by atoms with E-state index in [9.17, 15) is 14.9 Å². The van der Waals surface area contributed by atoms with E-state index in [1.54, 1.807) is 37.4 Å². The van der Waals surface area contributed by atoms with Crippen LogP contribution in [0.5, 0.6) is 5.75 Å². The zero-order chi connectivity index (χ0) is 19.1. The summed E-state index contributed by atoms with van der Waals surface area (Å²) in [5.41, 5.74) is 1.44. The summed E-state index contributed by atoms with van der Waals surface area (Å²) in [4.78, 5) is 23.7. The van der Waals surface area contributed by atoms with Crippen molar-refractivity contribution in [3.8, 4) is 11.8 Å². The predicted octanol–water partition coefficient (Wildman–Crippen LogP) is 3.79. The number of hydrogen-bond acceptors (Lipinski definition) is 5. The van der Waals surface area contributed by atoms with Crippen LogP contribution in [0.3, 0.4) is 0 Å². The van der Waals surface area contributed by atoms with Gasteiger partial charge in [-0.1, -0.05) is 6.07 Å². The Balaban J connectivity index is 2.17. The van der Waals surface area contributed by atoms with E-state index >= 15 is 0 Å². The summed E-state index contributed by atoms with van der Waals surface area (Å²) in [6.07, 6.45) is 1.47. The number of rotatable bonds is 5. The molecule has 0 fully saturated rings. The quantitative estimate of drug-likeness (QED) is 0.456. The van der Waals surface area contributed by atoms with Crippen LogP contribution in [0.1, 0.15) is 15.9 Å². The normalized spacial score (nSPS) is 10.6. The molecule has 2 aromatic rings. The van der Waals surface area contributed by atoms with Gasteiger partial charge in [-0.2, -0.15) is 5.26 Å². The van der Waals surface area contributed by atoms with Gasteiger partial charge in [0.1, 0.15) is 17.4 Å². The van der Waals surface area contributed by atoms with Crippen LogP contribution in [-0.2, 0) is 9.53 Å². The molecule has 2 aromatic carbocycles. The molecule has 0 aliphatic heterocycles. The average molecular weight is 415 g/mol. The minimum atomic E-state index is -0.551. The van der Waals surface area contributed by atoms with Gasteiger partial charge in [0.15, 0.2) is 0 Å². The molecule has 0 saturated carbocycles. The van der Waals surface area contributed by atoms with Crippen LogP contribution in [0.2, 0.25) is 0 Å². The molecule has 1 amide bonds. The summed E-state index contributed by atoms with van der Waals surface area (Å²) < 4.78 is 10.5. The Morgan fingerprint density at radius 3 is 2.38 bits per heavy atom. The number of nitrogens with one attached hydrogen (secondary N) is 1. The molecule has 1 N–H and O–H groups in total. The number of amides is 1. The highest BCUT2D eigenvalue weighted by Gasteiger charge is 2.11. The molecule has 0 saturated heterocycles. The molecule has 0 spiro atoms. The molecular formula is C19H15BrN2O4. The first kappa shape index (κ1) is 19.2. The van der Waals surface area contributed by atoms with Crippen LogP contribution in [0, 0.1) is 11.3 Å². The van der Waals surface area contributed by atoms with Crippen LogP contribution in [0.25, 0.3) is 6.08 Å². The molecule has 0 aliphatic carbocycles. The van der Waals surface area contributed by atoms with Crippen molar-refractivity contribution in [1.29, 1.82) is 5.26 Å². The average Bonchev–Trinajstić information content (AvgIpc) is 2.66. The van der Waals surface area contributed by atoms with E-state index in [0.717, 1.165) is 0 Å². The van der Waals surface area contributed by atoms with Crippen molar-refractivity contribution < 1.29 is 19.1 Å². The van der Waals surface area contributed by atoms with Crippen LogP contribution in [-0.4, -0.2) is 26.1 Å². The van der Waals surface area contributed by atoms with E-state index in [1.165, 1.54) is 25.3 Å². The van der Waals surface area contributed by atoms with Gasteiger partial charge in [0.05, 0.1) is 24.3 Å². The van der Waals surface area contributed by atoms with Gasteiger partial charge in [0, 0.05) is 5.69 Å². The molecule has 2 rings (SSSR count). The minimum Gasteiger partial charge on any atom is -0.496 e. The van der Waals surface area contributed by atoms with E-state index < -0.39 is 11.9 Å². The maximum Gasteiger partial charge on any atom is 0.337 e. The monoisotopic (exact) mass is 414 g/mol. The van der Waals surface area contributed by atoms with Crippen LogP contribution in [0.4, 0.5) is 5.69 Å². The van der Waals surface area contributed by atoms with Gasteiger partial charge in [-0.05, 0) is 64.0 Å². The lowest BCUT2D eigenvalue weighted by Gasteiger charge is -2.06. The van der Waals surface area contributed by atoms with Gasteiger partial charge < -0.3 is 14.8 Å². The molecule has 6 nitrogen and oxygen atoms in total. The fraction of sp³-hybridized carbons (Fsp3) is 0.105. The molecule has 0 heterocycles. The molecular weight excluding hydrogens is 400 g/mol. The van der Waals surface area contributed by atoms with Crippen molar-refractivity contribution in [2.24, 2.45) is 0 Å². The van der Waals surface area contributed by atoms with Gasteiger partial charge in [0.25, 0.3) is 5.91 Å². The molecule has 0 unspecified atom stereocenters. The summed E-state index contributed by atoms with van der Waals surface area (Å²) in [7, 11) is 2.84. The largest absolute Gasteiger partial charge is 0.496 e. The molecule has 26 heavy (non-hydrogen) atoms. The second-order valence-electron chi connectivity index (χ2n) is 5.09. The number of methoxy groups -OCH3 is 2. The van der Waals surface area contributed by atoms with E-state index in [1.807, 2.05) is 6.07 Å².